The number of halogens is 3. The monoisotopic (exact) mass is 448 g/mol. The highest BCUT2D eigenvalue weighted by atomic mass is 35.5. The van der Waals surface area contributed by atoms with E-state index in [2.05, 4.69) is 0 Å². The van der Waals surface area contributed by atoms with Crippen LogP contribution in [-0.2, 0) is 17.8 Å². The Balaban J connectivity index is 1.51. The molecule has 3 nitrogen and oxygen atoms in total. The van der Waals surface area contributed by atoms with Gasteiger partial charge in [-0.1, -0.05) is 35.9 Å². The fourth-order valence-corrected chi connectivity index (χ4v) is 3.20. The Bertz CT molecular complexity index is 916. The average molecular weight is 449 g/mol. The van der Waals surface area contributed by atoms with E-state index in [0.29, 0.717) is 29.5 Å². The molecule has 0 aromatic heterocycles. The highest BCUT2D eigenvalue weighted by Gasteiger charge is 2.20. The molecule has 6 heteroatoms. The van der Waals surface area contributed by atoms with Gasteiger partial charge in [0.1, 0.15) is 17.2 Å². The summed E-state index contributed by atoms with van der Waals surface area (Å²) in [5.41, 5.74) is 1.71. The van der Waals surface area contributed by atoms with Crippen molar-refractivity contribution in [1.29, 1.82) is 0 Å². The first kappa shape index (κ1) is 22.4. The van der Waals surface area contributed by atoms with Crippen LogP contribution >= 0.6 is 23.2 Å². The van der Waals surface area contributed by atoms with Crippen LogP contribution in [0.2, 0.25) is 5.02 Å². The van der Waals surface area contributed by atoms with Gasteiger partial charge in [0.2, 0.25) is 6.36 Å². The van der Waals surface area contributed by atoms with Gasteiger partial charge in [0.25, 0.3) is 0 Å². The number of benzene rings is 3. The second kappa shape index (κ2) is 11.2. The third-order valence-electron chi connectivity index (χ3n) is 4.31. The minimum absolute atomic E-state index is 0.0888. The Morgan fingerprint density at radius 2 is 1.57 bits per heavy atom. The van der Waals surface area contributed by atoms with Gasteiger partial charge in [-0.3, -0.25) is 0 Å². The number of hydrogen-bond acceptors (Lipinski definition) is 3. The zero-order chi connectivity index (χ0) is 21.3. The van der Waals surface area contributed by atoms with Crippen molar-refractivity contribution in [3.8, 4) is 17.2 Å². The van der Waals surface area contributed by atoms with Crippen LogP contribution in [0.1, 0.15) is 18.1 Å². The van der Waals surface area contributed by atoms with Crippen LogP contribution in [0.25, 0.3) is 0 Å². The maximum Gasteiger partial charge on any atom is 0.215 e. The first-order chi connectivity index (χ1) is 14.5. The van der Waals surface area contributed by atoms with Gasteiger partial charge < -0.3 is 14.2 Å². The van der Waals surface area contributed by atoms with Crippen molar-refractivity contribution in [3.05, 3.63) is 88.9 Å². The molecule has 158 valence electrons. The van der Waals surface area contributed by atoms with Crippen LogP contribution in [0.5, 0.6) is 17.2 Å². The second-order valence-electron chi connectivity index (χ2n) is 6.66. The molecule has 0 aliphatic rings. The van der Waals surface area contributed by atoms with Crippen molar-refractivity contribution in [2.75, 3.05) is 6.61 Å². The molecule has 0 aliphatic heterocycles. The van der Waals surface area contributed by atoms with Crippen molar-refractivity contribution in [2.45, 2.75) is 31.7 Å². The molecule has 0 N–H and O–H groups in total. The fraction of sp³-hybridized carbons (Fsp3) is 0.250. The van der Waals surface area contributed by atoms with E-state index in [4.69, 9.17) is 37.4 Å². The fourth-order valence-electron chi connectivity index (χ4n) is 2.82. The maximum atomic E-state index is 14.4. The number of ether oxygens (including phenoxy) is 3. The van der Waals surface area contributed by atoms with Crippen LogP contribution in [-0.4, -0.2) is 18.3 Å². The molecule has 0 spiro atoms. The molecule has 0 radical (unpaired) electrons. The summed E-state index contributed by atoms with van der Waals surface area (Å²) in [6.07, 6.45) is -1.24. The highest BCUT2D eigenvalue weighted by Crippen LogP contribution is 2.25. The van der Waals surface area contributed by atoms with Crippen LogP contribution < -0.4 is 9.47 Å². The van der Waals surface area contributed by atoms with E-state index in [0.717, 1.165) is 16.9 Å². The van der Waals surface area contributed by atoms with Gasteiger partial charge in [-0.05, 0) is 73.0 Å². The Hall–Kier alpha value is -2.27. The molecule has 0 fully saturated rings. The topological polar surface area (TPSA) is 27.7 Å². The van der Waals surface area contributed by atoms with Crippen molar-refractivity contribution < 1.29 is 18.6 Å². The average Bonchev–Trinajstić information content (AvgIpc) is 2.75. The quantitative estimate of drug-likeness (QED) is 0.307. The number of alkyl halides is 2. The summed E-state index contributed by atoms with van der Waals surface area (Å²) in [5.74, 6) is 2.07. The molecule has 30 heavy (non-hydrogen) atoms. The number of hydrogen-bond donors (Lipinski definition) is 0. The Morgan fingerprint density at radius 3 is 2.27 bits per heavy atom. The molecule has 0 saturated carbocycles. The summed E-state index contributed by atoms with van der Waals surface area (Å²) in [6.45, 7) is 2.61. The van der Waals surface area contributed by atoms with E-state index in [-0.39, 0.29) is 6.61 Å². The maximum absolute atomic E-state index is 14.4. The lowest BCUT2D eigenvalue weighted by Crippen LogP contribution is -2.22. The minimum atomic E-state index is -1.60. The lowest BCUT2D eigenvalue weighted by atomic mass is 10.1. The molecule has 3 aromatic rings. The molecule has 3 rings (SSSR count). The molecule has 0 heterocycles. The third-order valence-corrected chi connectivity index (χ3v) is 4.91. The summed E-state index contributed by atoms with van der Waals surface area (Å²) >= 11 is 12.1. The van der Waals surface area contributed by atoms with Gasteiger partial charge in [0.15, 0.2) is 0 Å². The molecule has 3 aromatic carbocycles. The Kier molecular flexibility index (Phi) is 8.38. The lowest BCUT2D eigenvalue weighted by molar-refractivity contribution is -0.0504. The van der Waals surface area contributed by atoms with E-state index in [9.17, 15) is 4.39 Å². The first-order valence-electron chi connectivity index (χ1n) is 9.67. The predicted molar refractivity (Wildman–Crippen MR) is 119 cm³/mol. The molecule has 2 unspecified atom stereocenters. The molecule has 0 amide bonds. The molecule has 0 bridgehead atoms. The SMILES string of the molecule is CCOc1ccc(CC(Cl)C(F)OCc2cccc(Oc3ccc(Cl)cc3)c2)cc1. The molecular formula is C24H23Cl2FO3. The van der Waals surface area contributed by atoms with E-state index in [1.807, 2.05) is 49.4 Å². The van der Waals surface area contributed by atoms with Gasteiger partial charge >= 0.3 is 0 Å². The van der Waals surface area contributed by atoms with Gasteiger partial charge in [-0.2, -0.15) is 0 Å². The summed E-state index contributed by atoms with van der Waals surface area (Å²) in [7, 11) is 0. The van der Waals surface area contributed by atoms with Gasteiger partial charge in [0.05, 0.1) is 18.6 Å². The third kappa shape index (κ3) is 6.91. The Morgan fingerprint density at radius 1 is 0.867 bits per heavy atom. The van der Waals surface area contributed by atoms with Gasteiger partial charge in [0, 0.05) is 5.02 Å². The predicted octanol–water partition coefficient (Wildman–Crippen LogP) is 7.19. The second-order valence-corrected chi connectivity index (χ2v) is 7.66. The Labute approximate surface area is 186 Å². The van der Waals surface area contributed by atoms with Crippen LogP contribution in [0.15, 0.2) is 72.8 Å². The van der Waals surface area contributed by atoms with E-state index < -0.39 is 11.7 Å². The van der Waals surface area contributed by atoms with Gasteiger partial charge in [-0.25, -0.2) is 4.39 Å². The standard InChI is InChI=1S/C24H23Cl2FO3/c1-2-28-20-10-6-17(7-11-20)15-23(26)24(27)29-16-18-4-3-5-22(14-18)30-21-12-8-19(25)9-13-21/h3-14,23-24H,2,15-16H2,1H3. The first-order valence-corrected chi connectivity index (χ1v) is 10.5. The van der Waals surface area contributed by atoms with Crippen molar-refractivity contribution in [1.82, 2.24) is 0 Å². The summed E-state index contributed by atoms with van der Waals surface area (Å²) in [5, 5.41) is -0.157. The summed E-state index contributed by atoms with van der Waals surface area (Å²) in [6, 6.07) is 21.8. The largest absolute Gasteiger partial charge is 0.494 e. The van der Waals surface area contributed by atoms with E-state index in [1.54, 1.807) is 30.3 Å². The van der Waals surface area contributed by atoms with Crippen molar-refractivity contribution >= 4 is 23.2 Å². The van der Waals surface area contributed by atoms with Crippen LogP contribution in [0, 0.1) is 0 Å². The molecular weight excluding hydrogens is 426 g/mol. The zero-order valence-corrected chi connectivity index (χ0v) is 18.1. The van der Waals surface area contributed by atoms with Crippen LogP contribution in [0.4, 0.5) is 4.39 Å². The van der Waals surface area contributed by atoms with Crippen molar-refractivity contribution in [2.24, 2.45) is 0 Å². The lowest BCUT2D eigenvalue weighted by Gasteiger charge is -2.16. The molecule has 0 aliphatic carbocycles. The highest BCUT2D eigenvalue weighted by molar-refractivity contribution is 6.30. The normalized spacial score (nSPS) is 12.9. The van der Waals surface area contributed by atoms with Gasteiger partial charge in [-0.15, -0.1) is 11.6 Å². The summed E-state index contributed by atoms with van der Waals surface area (Å²) < 4.78 is 31.0. The molecule has 0 saturated heterocycles. The minimum Gasteiger partial charge on any atom is -0.494 e. The van der Waals surface area contributed by atoms with Crippen molar-refractivity contribution in [3.63, 3.8) is 0 Å². The smallest absolute Gasteiger partial charge is 0.215 e. The van der Waals surface area contributed by atoms with Crippen LogP contribution in [0.3, 0.4) is 0 Å². The summed E-state index contributed by atoms with van der Waals surface area (Å²) in [4.78, 5) is 0. The number of rotatable bonds is 10. The molecule has 2 atom stereocenters. The van der Waals surface area contributed by atoms with E-state index in [1.165, 1.54) is 0 Å². The van der Waals surface area contributed by atoms with E-state index >= 15 is 0 Å². The zero-order valence-electron chi connectivity index (χ0n) is 16.6.